The molecule has 0 radical (unpaired) electrons. The van der Waals surface area contributed by atoms with Crippen LogP contribution in [0, 0.1) is 22.7 Å². The van der Waals surface area contributed by atoms with Gasteiger partial charge in [-0.05, 0) is 49.5 Å². The van der Waals surface area contributed by atoms with E-state index >= 15 is 0 Å². The average Bonchev–Trinajstić information content (AvgIpc) is 3.00. The number of ether oxygens (including phenoxy) is 1. The van der Waals surface area contributed by atoms with Crippen LogP contribution in [-0.4, -0.2) is 22.7 Å². The highest BCUT2D eigenvalue weighted by atomic mass is 16.5. The predicted octanol–water partition coefficient (Wildman–Crippen LogP) is 3.51. The first-order valence-electron chi connectivity index (χ1n) is 10.7. The summed E-state index contributed by atoms with van der Waals surface area (Å²) in [6.45, 7) is 9.78. The van der Waals surface area contributed by atoms with Crippen LogP contribution in [0.2, 0.25) is 0 Å². The van der Waals surface area contributed by atoms with Crippen molar-refractivity contribution in [1.29, 1.82) is 0 Å². The van der Waals surface area contributed by atoms with E-state index in [9.17, 15) is 9.90 Å². The van der Waals surface area contributed by atoms with E-state index in [2.05, 4.69) is 33.0 Å². The summed E-state index contributed by atoms with van der Waals surface area (Å²) in [5.74, 6) is 1.69. The molecule has 5 heteroatoms. The summed E-state index contributed by atoms with van der Waals surface area (Å²) >= 11 is 0. The fourth-order valence-corrected chi connectivity index (χ4v) is 7.00. The summed E-state index contributed by atoms with van der Waals surface area (Å²) in [6, 6.07) is 1.80. The molecule has 0 aromatic heterocycles. The largest absolute Gasteiger partial charge is 0.508 e. The van der Waals surface area contributed by atoms with Gasteiger partial charge in [0.05, 0.1) is 5.56 Å². The van der Waals surface area contributed by atoms with Crippen LogP contribution in [0.5, 0.6) is 11.5 Å². The molecule has 2 aliphatic heterocycles. The molecule has 4 N–H and O–H groups in total. The third-order valence-electron chi connectivity index (χ3n) is 9.15. The lowest BCUT2D eigenvalue weighted by atomic mass is 9.43. The Balaban J connectivity index is 1.73. The van der Waals surface area contributed by atoms with Crippen LogP contribution >= 0.6 is 0 Å². The average molecular weight is 385 g/mol. The molecule has 1 aromatic rings. The first kappa shape index (κ1) is 18.3. The summed E-state index contributed by atoms with van der Waals surface area (Å²) in [7, 11) is 0. The molecule has 152 valence electrons. The van der Waals surface area contributed by atoms with Gasteiger partial charge in [0, 0.05) is 35.0 Å². The minimum absolute atomic E-state index is 0.00871. The zero-order valence-corrected chi connectivity index (χ0v) is 17.4. The van der Waals surface area contributed by atoms with E-state index < -0.39 is 0 Å². The lowest BCUT2D eigenvalue weighted by Crippen LogP contribution is -2.71. The number of rotatable bonds is 0. The number of nitrogens with two attached hydrogens (primary N) is 1. The van der Waals surface area contributed by atoms with Crippen molar-refractivity contribution in [2.75, 3.05) is 0 Å². The molecule has 2 aliphatic carbocycles. The quantitative estimate of drug-likeness (QED) is 0.639. The van der Waals surface area contributed by atoms with E-state index in [0.717, 1.165) is 49.0 Å². The van der Waals surface area contributed by atoms with Crippen molar-refractivity contribution in [2.24, 2.45) is 28.4 Å². The van der Waals surface area contributed by atoms with Crippen molar-refractivity contribution in [3.05, 3.63) is 22.8 Å². The number of amides is 1. The number of carbonyl (C=O) groups excluding carboxylic acids is 1. The zero-order chi connectivity index (χ0) is 20.1. The van der Waals surface area contributed by atoms with Crippen molar-refractivity contribution >= 4 is 5.91 Å². The Hall–Kier alpha value is -1.75. The van der Waals surface area contributed by atoms with Gasteiger partial charge in [-0.3, -0.25) is 4.79 Å². The molecule has 2 saturated carbocycles. The van der Waals surface area contributed by atoms with E-state index in [-0.39, 0.29) is 34.1 Å². The first-order chi connectivity index (χ1) is 13.1. The summed E-state index contributed by atoms with van der Waals surface area (Å²) in [5, 5.41) is 13.7. The van der Waals surface area contributed by atoms with Gasteiger partial charge in [0.1, 0.15) is 17.1 Å². The minimum atomic E-state index is -0.301. The van der Waals surface area contributed by atoms with Gasteiger partial charge in [0.25, 0.3) is 5.91 Å². The highest BCUT2D eigenvalue weighted by Crippen LogP contribution is 2.66. The monoisotopic (exact) mass is 384 g/mol. The van der Waals surface area contributed by atoms with Crippen LogP contribution < -0.4 is 15.8 Å². The van der Waals surface area contributed by atoms with Crippen LogP contribution in [0.1, 0.15) is 74.9 Å². The predicted molar refractivity (Wildman–Crippen MR) is 107 cm³/mol. The van der Waals surface area contributed by atoms with Gasteiger partial charge in [-0.2, -0.15) is 0 Å². The second-order valence-corrected chi connectivity index (χ2v) is 10.5. The zero-order valence-electron chi connectivity index (χ0n) is 17.4. The summed E-state index contributed by atoms with van der Waals surface area (Å²) in [6.07, 6.45) is 4.95. The molecular formula is C23H32N2O3. The van der Waals surface area contributed by atoms with Gasteiger partial charge >= 0.3 is 0 Å². The topological polar surface area (TPSA) is 84.6 Å². The summed E-state index contributed by atoms with van der Waals surface area (Å²) < 4.78 is 7.05. The SMILES string of the molecule is C[C@H]1CC[C@H]2C(C)(C)[C@@H](N)CC[C@]23Oc2c(c(O)cc4c2CNC4=O)C[C@]13C. The van der Waals surface area contributed by atoms with Crippen molar-refractivity contribution in [3.63, 3.8) is 0 Å². The molecule has 4 aliphatic rings. The molecule has 2 heterocycles. The maximum absolute atomic E-state index is 12.2. The van der Waals surface area contributed by atoms with Crippen LogP contribution in [0.15, 0.2) is 6.07 Å². The molecule has 0 bridgehead atoms. The number of phenolic OH excluding ortho intramolecular Hbond substituents is 1. The molecule has 2 fully saturated rings. The number of benzene rings is 1. The number of hydrogen-bond acceptors (Lipinski definition) is 4. The third kappa shape index (κ3) is 1.99. The summed E-state index contributed by atoms with van der Waals surface area (Å²) in [4.78, 5) is 12.2. The number of phenols is 1. The summed E-state index contributed by atoms with van der Waals surface area (Å²) in [5.41, 5.74) is 8.57. The van der Waals surface area contributed by atoms with Crippen molar-refractivity contribution in [3.8, 4) is 11.5 Å². The van der Waals surface area contributed by atoms with Crippen LogP contribution in [0.3, 0.4) is 0 Å². The molecule has 0 unspecified atom stereocenters. The second-order valence-electron chi connectivity index (χ2n) is 10.5. The van der Waals surface area contributed by atoms with Crippen molar-refractivity contribution in [1.82, 2.24) is 5.32 Å². The smallest absolute Gasteiger partial charge is 0.252 e. The Labute approximate surface area is 167 Å². The van der Waals surface area contributed by atoms with Crippen LogP contribution in [0.25, 0.3) is 0 Å². The number of nitrogens with one attached hydrogen (secondary N) is 1. The van der Waals surface area contributed by atoms with Crippen molar-refractivity contribution in [2.45, 2.75) is 78.0 Å². The van der Waals surface area contributed by atoms with Gasteiger partial charge in [-0.25, -0.2) is 0 Å². The van der Waals surface area contributed by atoms with E-state index in [1.807, 2.05) is 0 Å². The molecular weight excluding hydrogens is 352 g/mol. The molecule has 5 rings (SSSR count). The second kappa shape index (κ2) is 5.44. The standard InChI is InChI=1S/C23H32N2O3/c1-12-5-6-17-21(2,3)18(24)7-8-23(17)22(12,4)10-14-16(26)9-13-15(19(14)28-23)11-25-20(13)27/h9,12,17-18,26H,5-8,10-11,24H2,1-4H3,(H,25,27)/t12-,17-,18-,22+,23-/m0/s1. The maximum Gasteiger partial charge on any atom is 0.252 e. The third-order valence-corrected chi connectivity index (χ3v) is 9.15. The van der Waals surface area contributed by atoms with E-state index in [4.69, 9.17) is 10.5 Å². The lowest BCUT2D eigenvalue weighted by Gasteiger charge is -2.67. The fraction of sp³-hybridized carbons (Fsp3) is 0.696. The number of aromatic hydroxyl groups is 1. The fourth-order valence-electron chi connectivity index (χ4n) is 7.00. The highest BCUT2D eigenvalue weighted by Gasteiger charge is 2.67. The van der Waals surface area contributed by atoms with E-state index in [1.54, 1.807) is 6.07 Å². The Kier molecular flexibility index (Phi) is 3.55. The van der Waals surface area contributed by atoms with Gasteiger partial charge in [0.15, 0.2) is 0 Å². The number of hydrogen-bond donors (Lipinski definition) is 3. The lowest BCUT2D eigenvalue weighted by molar-refractivity contribution is -0.214. The molecule has 5 nitrogen and oxygen atoms in total. The maximum atomic E-state index is 12.2. The minimum Gasteiger partial charge on any atom is -0.508 e. The van der Waals surface area contributed by atoms with Crippen molar-refractivity contribution < 1.29 is 14.6 Å². The van der Waals surface area contributed by atoms with Gasteiger partial charge in [-0.1, -0.05) is 27.7 Å². The van der Waals surface area contributed by atoms with Gasteiger partial charge in [-0.15, -0.1) is 0 Å². The Bertz CT molecular complexity index is 879. The molecule has 1 amide bonds. The molecule has 1 spiro atoms. The van der Waals surface area contributed by atoms with E-state index in [1.165, 1.54) is 0 Å². The number of carbonyl (C=O) groups is 1. The first-order valence-corrected chi connectivity index (χ1v) is 10.7. The number of fused-ring (bicyclic) bond motifs is 3. The molecule has 5 atom stereocenters. The van der Waals surface area contributed by atoms with Crippen LogP contribution in [-0.2, 0) is 13.0 Å². The normalized spacial score (nSPS) is 40.5. The van der Waals surface area contributed by atoms with E-state index in [0.29, 0.717) is 23.9 Å². The Morgan fingerprint density at radius 3 is 2.71 bits per heavy atom. The Morgan fingerprint density at radius 1 is 1.21 bits per heavy atom. The molecule has 28 heavy (non-hydrogen) atoms. The molecule has 0 saturated heterocycles. The molecule has 1 aromatic carbocycles. The highest BCUT2D eigenvalue weighted by molar-refractivity contribution is 6.00. The Morgan fingerprint density at radius 2 is 1.96 bits per heavy atom. The van der Waals surface area contributed by atoms with Gasteiger partial charge < -0.3 is 20.9 Å². The van der Waals surface area contributed by atoms with Gasteiger partial charge in [0.2, 0.25) is 0 Å². The van der Waals surface area contributed by atoms with Crippen LogP contribution in [0.4, 0.5) is 0 Å².